The lowest BCUT2D eigenvalue weighted by Gasteiger charge is -2.17. The Morgan fingerprint density at radius 3 is 2.43 bits per heavy atom. The first-order valence-electron chi connectivity index (χ1n) is 4.31. The third-order valence-corrected chi connectivity index (χ3v) is 2.01. The zero-order valence-corrected chi connectivity index (χ0v) is 7.68. The Hall–Kier alpha value is -1.39. The molecule has 14 heavy (non-hydrogen) atoms. The normalized spacial score (nSPS) is 14.7. The molecule has 0 spiro atoms. The van der Waals surface area contributed by atoms with E-state index < -0.39 is 11.7 Å². The van der Waals surface area contributed by atoms with Crippen LogP contribution >= 0.6 is 0 Å². The van der Waals surface area contributed by atoms with Crippen molar-refractivity contribution in [3.63, 3.8) is 0 Å². The number of carboxylic acid groups (broad SMARTS) is 1. The molecule has 0 aromatic heterocycles. The van der Waals surface area contributed by atoms with Gasteiger partial charge in [-0.1, -0.05) is 30.3 Å². The molecule has 4 N–H and O–H groups in total. The maximum atomic E-state index is 10.5. The Balaban J connectivity index is 2.53. The lowest BCUT2D eigenvalue weighted by molar-refractivity contribution is -0.158. The number of benzene rings is 1. The Morgan fingerprint density at radius 1 is 1.36 bits per heavy atom. The second kappa shape index (κ2) is 4.21. The summed E-state index contributed by atoms with van der Waals surface area (Å²) >= 11 is 0. The van der Waals surface area contributed by atoms with Crippen molar-refractivity contribution in [3.8, 4) is 0 Å². The highest BCUT2D eigenvalue weighted by Crippen LogP contribution is 2.09. The number of aliphatic hydroxyl groups is 1. The zero-order valence-electron chi connectivity index (χ0n) is 7.68. The predicted molar refractivity (Wildman–Crippen MR) is 51.5 cm³/mol. The van der Waals surface area contributed by atoms with Crippen LogP contribution in [0, 0.1) is 0 Å². The van der Waals surface area contributed by atoms with Crippen LogP contribution in [0.5, 0.6) is 0 Å². The van der Waals surface area contributed by atoms with Crippen LogP contribution in [0.4, 0.5) is 0 Å². The molecule has 0 fully saturated rings. The minimum Gasteiger partial charge on any atom is -0.478 e. The Bertz CT molecular complexity index is 308. The molecule has 0 amide bonds. The number of carbonyl (C=O) groups is 1. The molecule has 1 rings (SSSR count). The van der Waals surface area contributed by atoms with Crippen molar-refractivity contribution in [1.82, 2.24) is 0 Å². The summed E-state index contributed by atoms with van der Waals surface area (Å²) in [6.45, 7) is 0. The van der Waals surface area contributed by atoms with Gasteiger partial charge in [-0.25, -0.2) is 4.79 Å². The second-order valence-corrected chi connectivity index (χ2v) is 3.22. The highest BCUT2D eigenvalue weighted by Gasteiger charge is 2.29. The molecular weight excluding hydrogens is 182 g/mol. The average Bonchev–Trinajstić information content (AvgIpc) is 2.16. The van der Waals surface area contributed by atoms with Crippen LogP contribution in [0.2, 0.25) is 0 Å². The second-order valence-electron chi connectivity index (χ2n) is 3.22. The SMILES string of the molecule is N[C@](O)(CCc1ccccc1)C(=O)O. The number of carboxylic acids is 1. The molecule has 0 aliphatic carbocycles. The topological polar surface area (TPSA) is 83.5 Å². The van der Waals surface area contributed by atoms with Gasteiger partial charge >= 0.3 is 5.97 Å². The van der Waals surface area contributed by atoms with Crippen molar-refractivity contribution in [2.75, 3.05) is 0 Å². The molecule has 0 bridgehead atoms. The van der Waals surface area contributed by atoms with Crippen molar-refractivity contribution in [3.05, 3.63) is 35.9 Å². The fraction of sp³-hybridized carbons (Fsp3) is 0.300. The van der Waals surface area contributed by atoms with E-state index in [-0.39, 0.29) is 6.42 Å². The zero-order chi connectivity index (χ0) is 10.6. The highest BCUT2D eigenvalue weighted by molar-refractivity contribution is 5.76. The largest absolute Gasteiger partial charge is 0.478 e. The molecule has 0 aliphatic rings. The van der Waals surface area contributed by atoms with Crippen LogP contribution in [-0.4, -0.2) is 21.9 Å². The maximum Gasteiger partial charge on any atom is 0.351 e. The lowest BCUT2D eigenvalue weighted by atomic mass is 10.0. The van der Waals surface area contributed by atoms with Crippen molar-refractivity contribution < 1.29 is 15.0 Å². The predicted octanol–water partition coefficient (Wildman–Crippen LogP) is 0.351. The van der Waals surface area contributed by atoms with Gasteiger partial charge in [0.05, 0.1) is 0 Å². The number of hydrogen-bond donors (Lipinski definition) is 3. The van der Waals surface area contributed by atoms with Gasteiger partial charge in [-0.05, 0) is 12.0 Å². The van der Waals surface area contributed by atoms with Gasteiger partial charge in [0.2, 0.25) is 5.72 Å². The summed E-state index contributed by atoms with van der Waals surface area (Å²) in [7, 11) is 0. The number of aliphatic carboxylic acids is 1. The quantitative estimate of drug-likeness (QED) is 0.605. The van der Waals surface area contributed by atoms with E-state index in [0.29, 0.717) is 6.42 Å². The van der Waals surface area contributed by atoms with Gasteiger partial charge in [-0.3, -0.25) is 5.73 Å². The van der Waals surface area contributed by atoms with Crippen molar-refractivity contribution in [2.24, 2.45) is 5.73 Å². The van der Waals surface area contributed by atoms with Gasteiger partial charge in [0.25, 0.3) is 0 Å². The standard InChI is InChI=1S/C10H13NO3/c11-10(14,9(12)13)7-6-8-4-2-1-3-5-8/h1-5,14H,6-7,11H2,(H,12,13)/t10-/m0/s1. The van der Waals surface area contributed by atoms with Gasteiger partial charge in [-0.2, -0.15) is 0 Å². The molecule has 0 radical (unpaired) electrons. The summed E-state index contributed by atoms with van der Waals surface area (Å²) in [6, 6.07) is 9.29. The fourth-order valence-corrected chi connectivity index (χ4v) is 1.09. The van der Waals surface area contributed by atoms with Crippen LogP contribution in [0.3, 0.4) is 0 Å². The molecule has 4 heteroatoms. The smallest absolute Gasteiger partial charge is 0.351 e. The monoisotopic (exact) mass is 195 g/mol. The number of aryl methyl sites for hydroxylation is 1. The fourth-order valence-electron chi connectivity index (χ4n) is 1.09. The van der Waals surface area contributed by atoms with Crippen molar-refractivity contribution in [2.45, 2.75) is 18.6 Å². The van der Waals surface area contributed by atoms with E-state index in [2.05, 4.69) is 0 Å². The van der Waals surface area contributed by atoms with E-state index in [1.165, 1.54) is 0 Å². The molecular formula is C10H13NO3. The molecule has 0 aliphatic heterocycles. The third kappa shape index (κ3) is 2.83. The molecule has 76 valence electrons. The first-order valence-corrected chi connectivity index (χ1v) is 4.31. The highest BCUT2D eigenvalue weighted by atomic mass is 16.4. The van der Waals surface area contributed by atoms with E-state index in [1.807, 2.05) is 30.3 Å². The lowest BCUT2D eigenvalue weighted by Crippen LogP contribution is -2.48. The molecule has 0 unspecified atom stereocenters. The van der Waals surface area contributed by atoms with Crippen molar-refractivity contribution >= 4 is 5.97 Å². The summed E-state index contributed by atoms with van der Waals surface area (Å²) < 4.78 is 0. The molecule has 0 saturated carbocycles. The number of hydrogen-bond acceptors (Lipinski definition) is 3. The average molecular weight is 195 g/mol. The molecule has 1 aromatic carbocycles. The molecule has 0 saturated heterocycles. The van der Waals surface area contributed by atoms with Crippen LogP contribution in [0.15, 0.2) is 30.3 Å². The molecule has 1 atom stereocenters. The summed E-state index contributed by atoms with van der Waals surface area (Å²) in [5.74, 6) is -1.39. The number of nitrogens with two attached hydrogens (primary N) is 1. The van der Waals surface area contributed by atoms with Gasteiger partial charge in [-0.15, -0.1) is 0 Å². The minimum atomic E-state index is -2.13. The van der Waals surface area contributed by atoms with Gasteiger partial charge < -0.3 is 10.2 Å². The first kappa shape index (κ1) is 10.7. The first-order chi connectivity index (χ1) is 6.52. The molecule has 0 heterocycles. The molecule has 4 nitrogen and oxygen atoms in total. The summed E-state index contributed by atoms with van der Waals surface area (Å²) in [5.41, 5.74) is 3.99. The van der Waals surface area contributed by atoms with Crippen molar-refractivity contribution in [1.29, 1.82) is 0 Å². The van der Waals surface area contributed by atoms with E-state index in [0.717, 1.165) is 5.56 Å². The Kier molecular flexibility index (Phi) is 3.22. The van der Waals surface area contributed by atoms with Crippen LogP contribution < -0.4 is 5.73 Å². The third-order valence-electron chi connectivity index (χ3n) is 2.01. The van der Waals surface area contributed by atoms with Gasteiger partial charge in [0.15, 0.2) is 0 Å². The maximum absolute atomic E-state index is 10.5. The summed E-state index contributed by atoms with van der Waals surface area (Å²) in [4.78, 5) is 10.5. The van der Waals surface area contributed by atoms with E-state index in [1.54, 1.807) is 0 Å². The van der Waals surface area contributed by atoms with Crippen LogP contribution in [-0.2, 0) is 11.2 Å². The van der Waals surface area contributed by atoms with Gasteiger partial charge in [0.1, 0.15) is 0 Å². The minimum absolute atomic E-state index is 0.00630. The Morgan fingerprint density at radius 2 is 1.93 bits per heavy atom. The van der Waals surface area contributed by atoms with E-state index >= 15 is 0 Å². The Labute approximate surface area is 82.0 Å². The molecule has 1 aromatic rings. The van der Waals surface area contributed by atoms with Crippen LogP contribution in [0.1, 0.15) is 12.0 Å². The van der Waals surface area contributed by atoms with E-state index in [4.69, 9.17) is 10.8 Å². The van der Waals surface area contributed by atoms with Gasteiger partial charge in [0, 0.05) is 6.42 Å². The van der Waals surface area contributed by atoms with Crippen LogP contribution in [0.25, 0.3) is 0 Å². The summed E-state index contributed by atoms with van der Waals surface area (Å²) in [5, 5.41) is 17.8. The number of rotatable bonds is 4. The summed E-state index contributed by atoms with van der Waals surface area (Å²) in [6.07, 6.45) is 0.451. The van der Waals surface area contributed by atoms with E-state index in [9.17, 15) is 9.90 Å².